The molecule has 10 heteroatoms. The smallest absolute Gasteiger partial charge is 0.462 e. The molecule has 2 atom stereocenters. The Balaban J connectivity index is 3.72. The maximum Gasteiger partial charge on any atom is 0.472 e. The molecule has 3 N–H and O–H groups in total. The largest absolute Gasteiger partial charge is 0.472 e. The van der Waals surface area contributed by atoms with Crippen molar-refractivity contribution in [3.05, 3.63) is 48.6 Å². The number of esters is 2. The minimum Gasteiger partial charge on any atom is -0.462 e. The second kappa shape index (κ2) is 80.9. The Hall–Kier alpha value is -2.03. The molecule has 0 rings (SSSR count). The first kappa shape index (κ1) is 93.0. The lowest BCUT2D eigenvalue weighted by Crippen LogP contribution is -2.29. The van der Waals surface area contributed by atoms with E-state index in [0.29, 0.717) is 6.42 Å². The Morgan fingerprint density at radius 3 is 0.800 bits per heavy atom. The summed E-state index contributed by atoms with van der Waals surface area (Å²) in [6.45, 7) is 3.81. The van der Waals surface area contributed by atoms with Crippen molar-refractivity contribution in [2.24, 2.45) is 5.73 Å². The zero-order valence-corrected chi connectivity index (χ0v) is 64.3. The van der Waals surface area contributed by atoms with Crippen LogP contribution in [0.15, 0.2) is 48.6 Å². The molecule has 0 spiro atoms. The number of hydrogen-bond acceptors (Lipinski definition) is 8. The van der Waals surface area contributed by atoms with Gasteiger partial charge in [0.25, 0.3) is 0 Å². The Morgan fingerprint density at radius 2 is 0.547 bits per heavy atom. The van der Waals surface area contributed by atoms with E-state index in [1.165, 1.54) is 372 Å². The van der Waals surface area contributed by atoms with Gasteiger partial charge in [-0.3, -0.25) is 18.6 Å². The van der Waals surface area contributed by atoms with Gasteiger partial charge < -0.3 is 20.1 Å². The molecule has 0 aliphatic rings. The van der Waals surface area contributed by atoms with Crippen molar-refractivity contribution in [1.82, 2.24) is 0 Å². The van der Waals surface area contributed by atoms with E-state index in [2.05, 4.69) is 62.5 Å². The van der Waals surface area contributed by atoms with Gasteiger partial charge in [0, 0.05) is 19.4 Å². The van der Waals surface area contributed by atoms with E-state index in [1.807, 2.05) is 0 Å². The highest BCUT2D eigenvalue weighted by Crippen LogP contribution is 2.43. The molecular weight excluding hydrogens is 1190 g/mol. The molecule has 2 unspecified atom stereocenters. The molecule has 9 nitrogen and oxygen atoms in total. The second-order valence-corrected chi connectivity index (χ2v) is 30.2. The van der Waals surface area contributed by atoms with Gasteiger partial charge in [0.2, 0.25) is 0 Å². The normalized spacial score (nSPS) is 13.0. The van der Waals surface area contributed by atoms with Gasteiger partial charge in [-0.05, 0) is 77.0 Å². The first-order valence-corrected chi connectivity index (χ1v) is 43.6. The summed E-state index contributed by atoms with van der Waals surface area (Å²) in [6.07, 6.45) is 106. The Kier molecular flexibility index (Phi) is 79.2. The average molecular weight is 1360 g/mol. The van der Waals surface area contributed by atoms with E-state index in [1.54, 1.807) is 0 Å². The molecular formula is C85H162NO8P. The van der Waals surface area contributed by atoms with Crippen molar-refractivity contribution in [2.45, 2.75) is 457 Å². The third kappa shape index (κ3) is 80.8. The molecule has 0 aromatic carbocycles. The van der Waals surface area contributed by atoms with Gasteiger partial charge in [0.1, 0.15) is 6.61 Å². The summed E-state index contributed by atoms with van der Waals surface area (Å²) in [5, 5.41) is 0. The van der Waals surface area contributed by atoms with Gasteiger partial charge in [-0.15, -0.1) is 0 Å². The lowest BCUT2D eigenvalue weighted by atomic mass is 10.0. The summed E-state index contributed by atoms with van der Waals surface area (Å²) in [7, 11) is -4.39. The number of rotatable bonds is 81. The summed E-state index contributed by atoms with van der Waals surface area (Å²) in [6, 6.07) is 0. The standard InChI is InChI=1S/C85H162NO8P/c1-3-5-7-9-11-13-15-17-19-21-23-25-27-29-31-33-35-37-38-39-40-41-42-43-44-46-48-50-52-54-56-58-60-62-64-66-68-70-72-74-76-78-85(88)94-83(82-93-95(89,90)92-80-79-86)81-91-84(87)77-75-73-71-69-67-65-63-61-59-57-55-53-51-49-47-45-36-34-32-30-28-26-24-22-20-18-16-14-12-10-8-6-4-2/h15-18,21-24,83H,3-14,19-20,25-82,86H2,1-2H3,(H,89,90)/b17-15-,18-16-,23-21-,24-22-. The second-order valence-electron chi connectivity index (χ2n) is 28.7. The lowest BCUT2D eigenvalue weighted by Gasteiger charge is -2.19. The van der Waals surface area contributed by atoms with Crippen LogP contribution < -0.4 is 5.73 Å². The first-order valence-electron chi connectivity index (χ1n) is 42.1. The van der Waals surface area contributed by atoms with Gasteiger partial charge in [-0.25, -0.2) is 4.57 Å². The Morgan fingerprint density at radius 1 is 0.316 bits per heavy atom. The fourth-order valence-electron chi connectivity index (χ4n) is 12.9. The maximum absolute atomic E-state index is 12.8. The molecule has 0 aliphatic heterocycles. The van der Waals surface area contributed by atoms with Crippen LogP contribution in [0.5, 0.6) is 0 Å². The van der Waals surface area contributed by atoms with Crippen molar-refractivity contribution in [3.8, 4) is 0 Å². The van der Waals surface area contributed by atoms with E-state index in [9.17, 15) is 19.0 Å². The number of phosphoric acid groups is 1. The first-order chi connectivity index (χ1) is 46.8. The van der Waals surface area contributed by atoms with Crippen LogP contribution in [0.2, 0.25) is 0 Å². The minimum absolute atomic E-state index is 0.0564. The van der Waals surface area contributed by atoms with Gasteiger partial charge in [-0.2, -0.15) is 0 Å². The van der Waals surface area contributed by atoms with E-state index in [0.717, 1.165) is 44.9 Å². The molecule has 0 heterocycles. The van der Waals surface area contributed by atoms with Crippen molar-refractivity contribution in [3.63, 3.8) is 0 Å². The number of allylic oxidation sites excluding steroid dienone is 8. The van der Waals surface area contributed by atoms with Crippen LogP contribution in [0.25, 0.3) is 0 Å². The van der Waals surface area contributed by atoms with Crippen molar-refractivity contribution in [2.75, 3.05) is 26.4 Å². The molecule has 560 valence electrons. The van der Waals surface area contributed by atoms with Gasteiger partial charge in [0.15, 0.2) is 6.10 Å². The zero-order chi connectivity index (χ0) is 68.6. The molecule has 0 bridgehead atoms. The maximum atomic E-state index is 12.8. The summed E-state index contributed by atoms with van der Waals surface area (Å²) in [4.78, 5) is 35.5. The lowest BCUT2D eigenvalue weighted by molar-refractivity contribution is -0.161. The topological polar surface area (TPSA) is 134 Å². The monoisotopic (exact) mass is 1360 g/mol. The molecule has 0 amide bonds. The van der Waals surface area contributed by atoms with Crippen LogP contribution in [0.4, 0.5) is 0 Å². The van der Waals surface area contributed by atoms with Crippen LogP contribution in [0.1, 0.15) is 450 Å². The summed E-state index contributed by atoms with van der Waals surface area (Å²) in [5.41, 5.74) is 5.42. The van der Waals surface area contributed by atoms with Crippen LogP contribution >= 0.6 is 7.82 Å². The summed E-state index contributed by atoms with van der Waals surface area (Å²) < 4.78 is 33.3. The number of hydrogen-bond donors (Lipinski definition) is 2. The van der Waals surface area contributed by atoms with Crippen LogP contribution in [0.3, 0.4) is 0 Å². The molecule has 95 heavy (non-hydrogen) atoms. The minimum atomic E-state index is -4.39. The molecule has 0 fully saturated rings. The van der Waals surface area contributed by atoms with Crippen LogP contribution in [-0.4, -0.2) is 49.3 Å². The number of carbonyl (C=O) groups is 2. The van der Waals surface area contributed by atoms with Crippen molar-refractivity contribution >= 4 is 19.8 Å². The number of carbonyl (C=O) groups excluding carboxylic acids is 2. The van der Waals surface area contributed by atoms with Gasteiger partial charge >= 0.3 is 19.8 Å². The van der Waals surface area contributed by atoms with Crippen LogP contribution in [0, 0.1) is 0 Å². The highest BCUT2D eigenvalue weighted by Gasteiger charge is 2.26. The molecule has 0 aromatic heterocycles. The predicted octanol–water partition coefficient (Wildman–Crippen LogP) is 28.3. The van der Waals surface area contributed by atoms with E-state index >= 15 is 0 Å². The highest BCUT2D eigenvalue weighted by molar-refractivity contribution is 7.47. The van der Waals surface area contributed by atoms with Crippen molar-refractivity contribution < 1.29 is 37.6 Å². The van der Waals surface area contributed by atoms with Gasteiger partial charge in [-0.1, -0.05) is 409 Å². The van der Waals surface area contributed by atoms with E-state index < -0.39 is 26.5 Å². The fourth-order valence-corrected chi connectivity index (χ4v) is 13.7. The fraction of sp³-hybridized carbons (Fsp3) is 0.882. The van der Waals surface area contributed by atoms with Gasteiger partial charge in [0.05, 0.1) is 13.2 Å². The SMILES string of the molecule is CCCCCCC/C=C\C/C=C\CCCCCCCCCCCCCCCCCCCCCCCCCCCCCCCC(=O)OC(COC(=O)CCCCCCCCCCCCCCCCCCCCCCC/C=C\C/C=C\CCCCCCC)COP(=O)(O)OCCN. The predicted molar refractivity (Wildman–Crippen MR) is 413 cm³/mol. The molecule has 0 aliphatic carbocycles. The highest BCUT2D eigenvalue weighted by atomic mass is 31.2. The quantitative estimate of drug-likeness (QED) is 0.0264. The molecule has 0 saturated heterocycles. The van der Waals surface area contributed by atoms with E-state index in [-0.39, 0.29) is 38.6 Å². The molecule has 0 radical (unpaired) electrons. The number of phosphoric ester groups is 1. The van der Waals surface area contributed by atoms with Crippen molar-refractivity contribution in [1.29, 1.82) is 0 Å². The summed E-state index contributed by atoms with van der Waals surface area (Å²) >= 11 is 0. The number of nitrogens with two attached hydrogens (primary N) is 1. The Bertz CT molecular complexity index is 1700. The van der Waals surface area contributed by atoms with Crippen LogP contribution in [-0.2, 0) is 32.7 Å². The third-order valence-corrected chi connectivity index (χ3v) is 20.2. The molecule has 0 aromatic rings. The zero-order valence-electron chi connectivity index (χ0n) is 63.4. The number of ether oxygens (including phenoxy) is 2. The number of unbranched alkanes of at least 4 members (excludes halogenated alkanes) is 60. The Labute approximate surface area is 591 Å². The third-order valence-electron chi connectivity index (χ3n) is 19.2. The summed E-state index contributed by atoms with van der Waals surface area (Å²) in [5.74, 6) is -0.800. The molecule has 0 saturated carbocycles. The van der Waals surface area contributed by atoms with E-state index in [4.69, 9.17) is 24.3 Å². The average Bonchev–Trinajstić information content (AvgIpc) is 2.75.